The maximum absolute atomic E-state index is 11.9. The first-order valence-electron chi connectivity index (χ1n) is 9.06. The van der Waals surface area contributed by atoms with E-state index in [4.69, 9.17) is 4.74 Å². The first-order chi connectivity index (χ1) is 11.0. The Morgan fingerprint density at radius 3 is 1.39 bits per heavy atom. The van der Waals surface area contributed by atoms with Crippen LogP contribution in [0.5, 0.6) is 0 Å². The molecule has 0 fully saturated rings. The van der Waals surface area contributed by atoms with Gasteiger partial charge in [-0.05, 0) is 12.8 Å². The van der Waals surface area contributed by atoms with Gasteiger partial charge in [-0.1, -0.05) is 123 Å². The SMILES string of the molecule is CCCCCCCC(I)C(=O)OC(=O)C(I)CCCCCCC. The summed E-state index contributed by atoms with van der Waals surface area (Å²) >= 11 is 4.20. The molecular formula is C18H32I2O3. The molecule has 0 aliphatic heterocycles. The minimum Gasteiger partial charge on any atom is -0.392 e. The topological polar surface area (TPSA) is 43.4 Å². The van der Waals surface area contributed by atoms with E-state index >= 15 is 0 Å². The van der Waals surface area contributed by atoms with Gasteiger partial charge in [-0.25, -0.2) is 0 Å². The summed E-state index contributed by atoms with van der Waals surface area (Å²) in [7, 11) is 0. The molecule has 136 valence electrons. The molecule has 0 radical (unpaired) electrons. The fourth-order valence-electron chi connectivity index (χ4n) is 2.32. The molecule has 0 amide bonds. The van der Waals surface area contributed by atoms with Crippen LogP contribution in [0.1, 0.15) is 90.9 Å². The van der Waals surface area contributed by atoms with Crippen molar-refractivity contribution in [2.75, 3.05) is 0 Å². The monoisotopic (exact) mass is 550 g/mol. The molecule has 0 bridgehead atoms. The number of ether oxygens (including phenoxy) is 1. The molecule has 2 atom stereocenters. The lowest BCUT2D eigenvalue weighted by atomic mass is 10.1. The summed E-state index contributed by atoms with van der Waals surface area (Å²) in [6.07, 6.45) is 13.4. The predicted octanol–water partition coefficient (Wildman–Crippen LogP) is 6.38. The molecule has 0 aromatic carbocycles. The van der Waals surface area contributed by atoms with Crippen LogP contribution in [0.25, 0.3) is 0 Å². The fraction of sp³-hybridized carbons (Fsp3) is 0.889. The summed E-state index contributed by atoms with van der Waals surface area (Å²) in [5.41, 5.74) is 0. The number of rotatable bonds is 14. The number of carbonyl (C=O) groups is 2. The van der Waals surface area contributed by atoms with Crippen LogP contribution in [0, 0.1) is 0 Å². The summed E-state index contributed by atoms with van der Waals surface area (Å²) in [5.74, 6) is -0.725. The summed E-state index contributed by atoms with van der Waals surface area (Å²) in [6, 6.07) is 0. The van der Waals surface area contributed by atoms with Gasteiger partial charge in [0.15, 0.2) is 0 Å². The quantitative estimate of drug-likeness (QED) is 0.0829. The number of unbranched alkanes of at least 4 members (excludes halogenated alkanes) is 8. The Balaban J connectivity index is 3.82. The van der Waals surface area contributed by atoms with E-state index in [1.165, 1.54) is 38.5 Å². The molecule has 0 aliphatic carbocycles. The maximum atomic E-state index is 11.9. The molecule has 0 rings (SSSR count). The highest BCUT2D eigenvalue weighted by molar-refractivity contribution is 14.1. The highest BCUT2D eigenvalue weighted by Gasteiger charge is 2.23. The van der Waals surface area contributed by atoms with Crippen LogP contribution in [0.15, 0.2) is 0 Å². The van der Waals surface area contributed by atoms with E-state index in [1.807, 2.05) is 0 Å². The third-order valence-corrected chi connectivity index (χ3v) is 6.10. The highest BCUT2D eigenvalue weighted by Crippen LogP contribution is 2.18. The Hall–Kier alpha value is 0.600. The zero-order chi connectivity index (χ0) is 17.5. The van der Waals surface area contributed by atoms with Crippen LogP contribution in [-0.4, -0.2) is 19.8 Å². The third-order valence-electron chi connectivity index (χ3n) is 3.83. The number of carbonyl (C=O) groups excluding carboxylic acids is 2. The zero-order valence-electron chi connectivity index (χ0n) is 14.6. The number of hydrogen-bond donors (Lipinski definition) is 0. The minimum atomic E-state index is -0.362. The van der Waals surface area contributed by atoms with Crippen LogP contribution in [0.4, 0.5) is 0 Å². The molecule has 23 heavy (non-hydrogen) atoms. The lowest BCUT2D eigenvalue weighted by Crippen LogP contribution is -2.26. The number of hydrogen-bond acceptors (Lipinski definition) is 3. The summed E-state index contributed by atoms with van der Waals surface area (Å²) in [6.45, 7) is 4.38. The largest absolute Gasteiger partial charge is 0.392 e. The molecule has 2 unspecified atom stereocenters. The average Bonchev–Trinajstić information content (AvgIpc) is 2.53. The van der Waals surface area contributed by atoms with E-state index in [1.54, 1.807) is 0 Å². The molecule has 0 N–H and O–H groups in total. The van der Waals surface area contributed by atoms with E-state index in [9.17, 15) is 9.59 Å². The molecule has 0 saturated carbocycles. The summed E-state index contributed by atoms with van der Waals surface area (Å²) in [4.78, 5) is 23.9. The molecule has 0 aliphatic rings. The first kappa shape index (κ1) is 23.6. The van der Waals surface area contributed by atoms with Gasteiger partial charge in [0.25, 0.3) is 0 Å². The minimum absolute atomic E-state index is 0.202. The van der Waals surface area contributed by atoms with Crippen molar-refractivity contribution in [3.8, 4) is 0 Å². The molecule has 5 heteroatoms. The fourth-order valence-corrected chi connectivity index (χ4v) is 3.45. The van der Waals surface area contributed by atoms with E-state index < -0.39 is 0 Å². The number of halogens is 2. The Kier molecular flexibility index (Phi) is 16.5. The van der Waals surface area contributed by atoms with Gasteiger partial charge in [0.05, 0.1) is 0 Å². The molecule has 0 spiro atoms. The van der Waals surface area contributed by atoms with Gasteiger partial charge in [-0.15, -0.1) is 0 Å². The number of alkyl halides is 2. The van der Waals surface area contributed by atoms with Crippen molar-refractivity contribution in [1.82, 2.24) is 0 Å². The van der Waals surface area contributed by atoms with Crippen molar-refractivity contribution in [2.45, 2.75) is 98.7 Å². The van der Waals surface area contributed by atoms with Gasteiger partial charge in [-0.2, -0.15) is 0 Å². The van der Waals surface area contributed by atoms with Gasteiger partial charge < -0.3 is 4.74 Å². The maximum Gasteiger partial charge on any atom is 0.326 e. The summed E-state index contributed by atoms with van der Waals surface area (Å²) in [5, 5.41) is 0. The molecule has 3 nitrogen and oxygen atoms in total. The Morgan fingerprint density at radius 2 is 1.04 bits per heavy atom. The van der Waals surface area contributed by atoms with Gasteiger partial charge >= 0.3 is 11.9 Å². The highest BCUT2D eigenvalue weighted by atomic mass is 127. The Morgan fingerprint density at radius 1 is 0.696 bits per heavy atom. The van der Waals surface area contributed by atoms with Crippen molar-refractivity contribution in [2.24, 2.45) is 0 Å². The molecule has 0 aromatic heterocycles. The zero-order valence-corrected chi connectivity index (χ0v) is 18.9. The van der Waals surface area contributed by atoms with Crippen molar-refractivity contribution in [3.63, 3.8) is 0 Å². The standard InChI is InChI=1S/C18H32I2O3/c1-3-5-7-9-11-13-15(19)17(21)23-18(22)16(20)14-12-10-8-6-4-2/h15-16H,3-14H2,1-2H3. The third kappa shape index (κ3) is 13.6. The van der Waals surface area contributed by atoms with Crippen molar-refractivity contribution in [1.29, 1.82) is 0 Å². The number of esters is 2. The van der Waals surface area contributed by atoms with Gasteiger partial charge in [0, 0.05) is 0 Å². The lowest BCUT2D eigenvalue weighted by molar-refractivity contribution is -0.158. The smallest absolute Gasteiger partial charge is 0.326 e. The lowest BCUT2D eigenvalue weighted by Gasteiger charge is -2.12. The molecule has 0 aromatic rings. The van der Waals surface area contributed by atoms with E-state index in [2.05, 4.69) is 59.0 Å². The van der Waals surface area contributed by atoms with Gasteiger partial charge in [0.1, 0.15) is 7.85 Å². The van der Waals surface area contributed by atoms with Crippen molar-refractivity contribution >= 4 is 57.1 Å². The normalized spacial score (nSPS) is 13.6. The average molecular weight is 550 g/mol. The van der Waals surface area contributed by atoms with Crippen LogP contribution >= 0.6 is 45.2 Å². The van der Waals surface area contributed by atoms with Crippen LogP contribution in [0.3, 0.4) is 0 Å². The first-order valence-corrected chi connectivity index (χ1v) is 11.6. The summed E-state index contributed by atoms with van der Waals surface area (Å²) < 4.78 is 4.63. The second kappa shape index (κ2) is 16.1. The van der Waals surface area contributed by atoms with E-state index in [0.717, 1.165) is 38.5 Å². The second-order valence-electron chi connectivity index (χ2n) is 6.08. The second-order valence-corrected chi connectivity index (χ2v) is 9.09. The molecule has 0 saturated heterocycles. The van der Waals surface area contributed by atoms with Gasteiger partial charge in [-0.3, -0.25) is 9.59 Å². The Labute approximate surface area is 169 Å². The van der Waals surface area contributed by atoms with Crippen LogP contribution in [-0.2, 0) is 14.3 Å². The van der Waals surface area contributed by atoms with E-state index in [-0.39, 0.29) is 19.8 Å². The predicted molar refractivity (Wildman–Crippen MR) is 113 cm³/mol. The van der Waals surface area contributed by atoms with Crippen molar-refractivity contribution in [3.05, 3.63) is 0 Å². The van der Waals surface area contributed by atoms with E-state index in [0.29, 0.717) is 0 Å². The molecule has 0 heterocycles. The Bertz CT molecular complexity index is 291. The van der Waals surface area contributed by atoms with Crippen LogP contribution < -0.4 is 0 Å². The molecular weight excluding hydrogens is 518 g/mol. The van der Waals surface area contributed by atoms with Crippen LogP contribution in [0.2, 0.25) is 0 Å². The van der Waals surface area contributed by atoms with Crippen molar-refractivity contribution < 1.29 is 14.3 Å². The van der Waals surface area contributed by atoms with Gasteiger partial charge in [0.2, 0.25) is 0 Å².